The number of amides is 2. The second-order valence-electron chi connectivity index (χ2n) is 4.79. The van der Waals surface area contributed by atoms with Gasteiger partial charge in [0.1, 0.15) is 11.6 Å². The van der Waals surface area contributed by atoms with Crippen LogP contribution in [0, 0.1) is 18.6 Å². The fourth-order valence-electron chi connectivity index (χ4n) is 2.07. The third-order valence-corrected chi connectivity index (χ3v) is 3.47. The van der Waals surface area contributed by atoms with Gasteiger partial charge in [-0.05, 0) is 18.6 Å². The van der Waals surface area contributed by atoms with Crippen LogP contribution in [0.5, 0.6) is 0 Å². The average molecular weight is 343 g/mol. The van der Waals surface area contributed by atoms with Crippen LogP contribution in [0.3, 0.4) is 0 Å². The molecule has 0 saturated carbocycles. The van der Waals surface area contributed by atoms with E-state index in [4.69, 9.17) is 17.3 Å². The number of rotatable bonds is 5. The quantitative estimate of drug-likeness (QED) is 0.723. The molecule has 0 unspecified atom stereocenters. The first-order valence-corrected chi connectivity index (χ1v) is 6.95. The Bertz CT molecular complexity index is 776. The molecule has 0 aliphatic rings. The average Bonchev–Trinajstić information content (AvgIpc) is 2.93. The smallest absolute Gasteiger partial charge is 0.255 e. The normalized spacial score (nSPS) is 10.6. The molecule has 0 atom stereocenters. The monoisotopic (exact) mass is 342 g/mol. The predicted molar refractivity (Wildman–Crippen MR) is 79.8 cm³/mol. The molecule has 2 rings (SSSR count). The molecule has 1 heterocycles. The summed E-state index contributed by atoms with van der Waals surface area (Å²) in [5.41, 5.74) is 4.82. The molecule has 0 aliphatic heterocycles. The fourth-order valence-corrected chi connectivity index (χ4v) is 2.30. The third kappa shape index (κ3) is 3.48. The van der Waals surface area contributed by atoms with Gasteiger partial charge in [0.25, 0.3) is 5.91 Å². The van der Waals surface area contributed by atoms with E-state index < -0.39 is 23.4 Å². The Balaban J connectivity index is 2.37. The van der Waals surface area contributed by atoms with Gasteiger partial charge in [-0.15, -0.1) is 0 Å². The Morgan fingerprint density at radius 3 is 2.78 bits per heavy atom. The first-order valence-electron chi connectivity index (χ1n) is 6.57. The van der Waals surface area contributed by atoms with Gasteiger partial charge in [-0.3, -0.25) is 14.7 Å². The standard InChI is InChI=1S/C14H13ClF2N4O2/c1-6-11(9(16)4-8(15)12(6)17)13-7(5-20-21-13)14(23)19-3-2-10(18)22/h4-5H,2-3H2,1H3,(H2,18,22)(H,19,23)(H,20,21). The SMILES string of the molecule is Cc1c(F)c(Cl)cc(F)c1-c1[nH]ncc1C(=O)NCCC(N)=O. The number of nitrogens with one attached hydrogen (secondary N) is 2. The van der Waals surface area contributed by atoms with Crippen LogP contribution in [-0.2, 0) is 4.79 Å². The molecule has 0 aliphatic carbocycles. The Kier molecular flexibility index (Phi) is 4.95. The lowest BCUT2D eigenvalue weighted by Gasteiger charge is -2.10. The van der Waals surface area contributed by atoms with Crippen molar-refractivity contribution in [2.45, 2.75) is 13.3 Å². The highest BCUT2D eigenvalue weighted by molar-refractivity contribution is 6.31. The number of H-pyrrole nitrogens is 1. The number of hydrogen-bond donors (Lipinski definition) is 3. The lowest BCUT2D eigenvalue weighted by Crippen LogP contribution is -2.28. The van der Waals surface area contributed by atoms with E-state index in [1.165, 1.54) is 13.1 Å². The molecule has 6 nitrogen and oxygen atoms in total. The van der Waals surface area contributed by atoms with Crippen molar-refractivity contribution in [3.8, 4) is 11.3 Å². The number of benzene rings is 1. The van der Waals surface area contributed by atoms with Crippen LogP contribution in [0.15, 0.2) is 12.3 Å². The molecule has 1 aromatic carbocycles. The molecule has 2 aromatic rings. The summed E-state index contributed by atoms with van der Waals surface area (Å²) < 4.78 is 28.1. The van der Waals surface area contributed by atoms with E-state index in [2.05, 4.69) is 15.5 Å². The van der Waals surface area contributed by atoms with Crippen LogP contribution in [0.4, 0.5) is 8.78 Å². The number of primary amides is 1. The van der Waals surface area contributed by atoms with Gasteiger partial charge in [-0.25, -0.2) is 8.78 Å². The molecule has 1 aromatic heterocycles. The van der Waals surface area contributed by atoms with Crippen molar-refractivity contribution < 1.29 is 18.4 Å². The van der Waals surface area contributed by atoms with Gasteiger partial charge in [0.05, 0.1) is 22.5 Å². The summed E-state index contributed by atoms with van der Waals surface area (Å²) in [5.74, 6) is -2.73. The summed E-state index contributed by atoms with van der Waals surface area (Å²) in [7, 11) is 0. The zero-order valence-electron chi connectivity index (χ0n) is 12.0. The zero-order chi connectivity index (χ0) is 17.1. The third-order valence-electron chi connectivity index (χ3n) is 3.20. The van der Waals surface area contributed by atoms with Crippen molar-refractivity contribution in [3.63, 3.8) is 0 Å². The van der Waals surface area contributed by atoms with E-state index in [0.717, 1.165) is 6.07 Å². The van der Waals surface area contributed by atoms with E-state index in [9.17, 15) is 18.4 Å². The maximum absolute atomic E-state index is 14.2. The summed E-state index contributed by atoms with van der Waals surface area (Å²) in [5, 5.41) is 8.27. The summed E-state index contributed by atoms with van der Waals surface area (Å²) in [6.07, 6.45) is 1.14. The number of nitrogens with two attached hydrogens (primary N) is 1. The minimum atomic E-state index is -0.788. The second-order valence-corrected chi connectivity index (χ2v) is 5.19. The van der Waals surface area contributed by atoms with Crippen LogP contribution in [0.2, 0.25) is 5.02 Å². The molecular formula is C14H13ClF2N4O2. The second kappa shape index (κ2) is 6.74. The van der Waals surface area contributed by atoms with Gasteiger partial charge in [0, 0.05) is 18.5 Å². The maximum Gasteiger partial charge on any atom is 0.255 e. The molecule has 0 radical (unpaired) electrons. The number of hydrogen-bond acceptors (Lipinski definition) is 3. The molecule has 122 valence electrons. The van der Waals surface area contributed by atoms with Gasteiger partial charge in [0.2, 0.25) is 5.91 Å². The van der Waals surface area contributed by atoms with Gasteiger partial charge < -0.3 is 11.1 Å². The lowest BCUT2D eigenvalue weighted by molar-refractivity contribution is -0.117. The van der Waals surface area contributed by atoms with Crippen LogP contribution in [0.1, 0.15) is 22.3 Å². The number of aromatic amines is 1. The topological polar surface area (TPSA) is 101 Å². The number of halogens is 3. The maximum atomic E-state index is 14.2. The first-order chi connectivity index (χ1) is 10.8. The molecular weight excluding hydrogens is 330 g/mol. The molecule has 2 amide bonds. The van der Waals surface area contributed by atoms with E-state index in [1.54, 1.807) is 0 Å². The van der Waals surface area contributed by atoms with Gasteiger partial charge >= 0.3 is 0 Å². The van der Waals surface area contributed by atoms with E-state index in [-0.39, 0.29) is 40.4 Å². The molecule has 4 N–H and O–H groups in total. The minimum Gasteiger partial charge on any atom is -0.370 e. The van der Waals surface area contributed by atoms with Crippen molar-refractivity contribution in [2.24, 2.45) is 5.73 Å². The zero-order valence-corrected chi connectivity index (χ0v) is 12.8. The molecule has 0 fully saturated rings. The van der Waals surface area contributed by atoms with Gasteiger partial charge in [-0.2, -0.15) is 5.10 Å². The van der Waals surface area contributed by atoms with E-state index >= 15 is 0 Å². The number of aromatic nitrogens is 2. The summed E-state index contributed by atoms with van der Waals surface area (Å²) in [6, 6.07) is 0.828. The highest BCUT2D eigenvalue weighted by Crippen LogP contribution is 2.32. The van der Waals surface area contributed by atoms with Gasteiger partial charge in [-0.1, -0.05) is 11.6 Å². The Labute approximate surface area is 135 Å². The van der Waals surface area contributed by atoms with Crippen LogP contribution >= 0.6 is 11.6 Å². The summed E-state index contributed by atoms with van der Waals surface area (Å²) in [4.78, 5) is 22.8. The number of carbonyl (C=O) groups is 2. The Morgan fingerprint density at radius 2 is 2.13 bits per heavy atom. The molecule has 0 spiro atoms. The Morgan fingerprint density at radius 1 is 1.43 bits per heavy atom. The highest BCUT2D eigenvalue weighted by atomic mass is 35.5. The number of carbonyl (C=O) groups excluding carboxylic acids is 2. The van der Waals surface area contributed by atoms with E-state index in [0.29, 0.717) is 0 Å². The summed E-state index contributed by atoms with van der Waals surface area (Å²) in [6.45, 7) is 1.37. The molecule has 0 saturated heterocycles. The van der Waals surface area contributed by atoms with Gasteiger partial charge in [0.15, 0.2) is 0 Å². The first kappa shape index (κ1) is 16.9. The molecule has 9 heteroatoms. The Hall–Kier alpha value is -2.48. The van der Waals surface area contributed by atoms with Crippen molar-refractivity contribution in [1.82, 2.24) is 15.5 Å². The van der Waals surface area contributed by atoms with Crippen LogP contribution in [-0.4, -0.2) is 28.6 Å². The fraction of sp³-hybridized carbons (Fsp3) is 0.214. The van der Waals surface area contributed by atoms with Crippen molar-refractivity contribution in [1.29, 1.82) is 0 Å². The lowest BCUT2D eigenvalue weighted by atomic mass is 10.0. The van der Waals surface area contributed by atoms with Crippen LogP contribution < -0.4 is 11.1 Å². The van der Waals surface area contributed by atoms with Crippen LogP contribution in [0.25, 0.3) is 11.3 Å². The van der Waals surface area contributed by atoms with Crippen molar-refractivity contribution >= 4 is 23.4 Å². The summed E-state index contributed by atoms with van der Waals surface area (Å²) >= 11 is 5.59. The molecule has 0 bridgehead atoms. The minimum absolute atomic E-state index is 0.0122. The van der Waals surface area contributed by atoms with E-state index in [1.807, 2.05) is 0 Å². The molecule has 23 heavy (non-hydrogen) atoms. The van der Waals surface area contributed by atoms with Crippen molar-refractivity contribution in [2.75, 3.05) is 6.54 Å². The van der Waals surface area contributed by atoms with Crippen molar-refractivity contribution in [3.05, 3.63) is 40.0 Å². The highest BCUT2D eigenvalue weighted by Gasteiger charge is 2.22. The predicted octanol–water partition coefficient (Wildman–Crippen LogP) is 1.92. The number of nitrogens with zero attached hydrogens (tertiary/aromatic N) is 1. The largest absolute Gasteiger partial charge is 0.370 e.